The van der Waals surface area contributed by atoms with Gasteiger partial charge >= 0.3 is 0 Å². The van der Waals surface area contributed by atoms with Crippen LogP contribution in [0.25, 0.3) is 10.9 Å². The number of aromatic amines is 1. The van der Waals surface area contributed by atoms with E-state index in [9.17, 15) is 18.3 Å². The topological polar surface area (TPSA) is 103 Å². The van der Waals surface area contributed by atoms with Crippen LogP contribution in [0.1, 0.15) is 57.6 Å². The Hall–Kier alpha value is -1.64. The van der Waals surface area contributed by atoms with E-state index in [1.807, 2.05) is 11.0 Å². The molecule has 176 valence electrons. The molecule has 9 heteroatoms. The zero-order valence-electron chi connectivity index (χ0n) is 18.7. The predicted molar refractivity (Wildman–Crippen MR) is 125 cm³/mol. The number of aliphatic hydroxyl groups is 1. The first kappa shape index (κ1) is 23.5. The summed E-state index contributed by atoms with van der Waals surface area (Å²) in [6, 6.07) is 3.62. The Balaban J connectivity index is 1.37. The lowest BCUT2D eigenvalue weighted by molar-refractivity contribution is -0.135. The zero-order chi connectivity index (χ0) is 23.1. The minimum Gasteiger partial charge on any atom is -0.388 e. The fourth-order valence-electron chi connectivity index (χ4n) is 5.28. The number of piperidine rings is 1. The van der Waals surface area contributed by atoms with Gasteiger partial charge in [-0.05, 0) is 60.6 Å². The van der Waals surface area contributed by atoms with E-state index in [0.29, 0.717) is 37.4 Å². The molecule has 2 saturated heterocycles. The molecule has 2 fully saturated rings. The maximum atomic E-state index is 12.8. The molecule has 0 saturated carbocycles. The Bertz CT molecular complexity index is 1080. The summed E-state index contributed by atoms with van der Waals surface area (Å²) >= 11 is 6.27. The minimum atomic E-state index is -2.91. The highest BCUT2D eigenvalue weighted by Gasteiger charge is 2.40. The van der Waals surface area contributed by atoms with Crippen LogP contribution in [0.2, 0.25) is 5.02 Å². The molecule has 1 aromatic heterocycles. The number of likely N-dealkylation sites (tertiary alicyclic amines) is 1. The number of sulfone groups is 1. The van der Waals surface area contributed by atoms with Gasteiger partial charge in [0.1, 0.15) is 9.84 Å². The van der Waals surface area contributed by atoms with Crippen molar-refractivity contribution in [1.29, 1.82) is 0 Å². The molecule has 4 rings (SSSR count). The summed E-state index contributed by atoms with van der Waals surface area (Å²) in [5.74, 6) is 0.949. The highest BCUT2D eigenvalue weighted by Crippen LogP contribution is 2.46. The number of rotatable bonds is 5. The lowest BCUT2D eigenvalue weighted by Crippen LogP contribution is -2.44. The molecule has 2 aliphatic rings. The third-order valence-electron chi connectivity index (χ3n) is 7.59. The third-order valence-corrected chi connectivity index (χ3v) is 9.53. The number of carbonyl (C=O) groups is 1. The molecule has 3 heterocycles. The monoisotopic (exact) mass is 481 g/mol. The van der Waals surface area contributed by atoms with Crippen molar-refractivity contribution in [3.05, 3.63) is 28.9 Å². The Morgan fingerprint density at radius 2 is 1.91 bits per heavy atom. The van der Waals surface area contributed by atoms with Crippen LogP contribution in [0.15, 0.2) is 18.3 Å². The average Bonchev–Trinajstić information content (AvgIpc) is 3.22. The van der Waals surface area contributed by atoms with Gasteiger partial charge in [0.25, 0.3) is 0 Å². The van der Waals surface area contributed by atoms with Crippen LogP contribution < -0.4 is 0 Å². The SMILES string of the molecule is CC(C)(C1CCN(C(=O)CC2CCS(=O)(=O)CC2)CC1)C(O)c1cc(Cl)cc2[nH]ncc12. The normalized spacial score (nSPS) is 21.7. The van der Waals surface area contributed by atoms with E-state index in [2.05, 4.69) is 24.0 Å². The summed E-state index contributed by atoms with van der Waals surface area (Å²) < 4.78 is 23.2. The molecule has 1 aromatic carbocycles. The fraction of sp³-hybridized carbons (Fsp3) is 0.652. The van der Waals surface area contributed by atoms with Crippen LogP contribution in [0.3, 0.4) is 0 Å². The maximum absolute atomic E-state index is 12.8. The molecule has 0 radical (unpaired) electrons. The molecule has 1 unspecified atom stereocenters. The van der Waals surface area contributed by atoms with Crippen LogP contribution in [-0.2, 0) is 14.6 Å². The van der Waals surface area contributed by atoms with E-state index >= 15 is 0 Å². The number of aromatic nitrogens is 2. The number of aliphatic hydroxyl groups excluding tert-OH is 1. The van der Waals surface area contributed by atoms with Crippen molar-refractivity contribution < 1.29 is 18.3 Å². The maximum Gasteiger partial charge on any atom is 0.222 e. The number of hydrogen-bond donors (Lipinski definition) is 2. The highest BCUT2D eigenvalue weighted by molar-refractivity contribution is 7.91. The smallest absolute Gasteiger partial charge is 0.222 e. The lowest BCUT2D eigenvalue weighted by Gasteiger charge is -2.43. The Kier molecular flexibility index (Phi) is 6.58. The number of H-pyrrole nitrogens is 1. The van der Waals surface area contributed by atoms with E-state index < -0.39 is 21.4 Å². The van der Waals surface area contributed by atoms with Gasteiger partial charge in [0, 0.05) is 29.9 Å². The van der Waals surface area contributed by atoms with Gasteiger partial charge in [-0.25, -0.2) is 8.42 Å². The number of carbonyl (C=O) groups excluding carboxylic acids is 1. The Morgan fingerprint density at radius 3 is 2.56 bits per heavy atom. The summed E-state index contributed by atoms with van der Waals surface area (Å²) in [7, 11) is -2.91. The second-order valence-corrected chi connectivity index (χ2v) is 12.7. The third kappa shape index (κ3) is 4.82. The number of benzene rings is 1. The molecular formula is C23H32ClN3O4S. The predicted octanol–water partition coefficient (Wildman–Crippen LogP) is 3.73. The van der Waals surface area contributed by atoms with Crippen molar-refractivity contribution in [3.63, 3.8) is 0 Å². The van der Waals surface area contributed by atoms with Gasteiger partial charge in [-0.2, -0.15) is 5.10 Å². The van der Waals surface area contributed by atoms with Crippen LogP contribution in [-0.4, -0.2) is 59.1 Å². The van der Waals surface area contributed by atoms with Gasteiger partial charge in [0.05, 0.1) is 29.3 Å². The highest BCUT2D eigenvalue weighted by atomic mass is 35.5. The zero-order valence-corrected chi connectivity index (χ0v) is 20.3. The summed E-state index contributed by atoms with van der Waals surface area (Å²) in [5, 5.41) is 19.8. The molecule has 2 aliphatic heterocycles. The molecule has 2 N–H and O–H groups in total. The first-order valence-corrected chi connectivity index (χ1v) is 13.6. The van der Waals surface area contributed by atoms with Gasteiger partial charge in [0.15, 0.2) is 0 Å². The number of fused-ring (bicyclic) bond motifs is 1. The number of amides is 1. The molecule has 0 spiro atoms. The van der Waals surface area contributed by atoms with Crippen LogP contribution >= 0.6 is 11.6 Å². The molecule has 1 atom stereocenters. The van der Waals surface area contributed by atoms with Gasteiger partial charge in [-0.3, -0.25) is 9.89 Å². The van der Waals surface area contributed by atoms with Crippen molar-refractivity contribution in [2.45, 2.75) is 52.1 Å². The molecule has 32 heavy (non-hydrogen) atoms. The van der Waals surface area contributed by atoms with Gasteiger partial charge in [-0.1, -0.05) is 25.4 Å². The van der Waals surface area contributed by atoms with E-state index in [4.69, 9.17) is 11.6 Å². The summed E-state index contributed by atoms with van der Waals surface area (Å²) in [4.78, 5) is 14.7. The van der Waals surface area contributed by atoms with Gasteiger partial charge in [0.2, 0.25) is 5.91 Å². The largest absolute Gasteiger partial charge is 0.388 e. The number of halogens is 1. The molecule has 0 bridgehead atoms. The first-order chi connectivity index (χ1) is 15.1. The van der Waals surface area contributed by atoms with Crippen molar-refractivity contribution in [3.8, 4) is 0 Å². The summed E-state index contributed by atoms with van der Waals surface area (Å²) in [5.41, 5.74) is 1.18. The standard InChI is InChI=1S/C23H32ClN3O4S/c1-23(2,22(29)18-12-17(24)13-20-19(18)14-25-26-20)16-3-7-27(8-4-16)21(28)11-15-5-9-32(30,31)10-6-15/h12-16,22,29H,3-11H2,1-2H3,(H,25,26). The average molecular weight is 482 g/mol. The van der Waals surface area contributed by atoms with E-state index in [-0.39, 0.29) is 29.2 Å². The van der Waals surface area contributed by atoms with Crippen LogP contribution in [0.5, 0.6) is 0 Å². The van der Waals surface area contributed by atoms with Gasteiger partial charge in [-0.15, -0.1) is 0 Å². The quantitative estimate of drug-likeness (QED) is 0.677. The van der Waals surface area contributed by atoms with Gasteiger partial charge < -0.3 is 10.0 Å². The number of nitrogens with zero attached hydrogens (tertiary/aromatic N) is 2. The van der Waals surface area contributed by atoms with E-state index in [1.54, 1.807) is 12.3 Å². The Labute approximate surface area is 194 Å². The minimum absolute atomic E-state index is 0.126. The molecule has 7 nitrogen and oxygen atoms in total. The Morgan fingerprint density at radius 1 is 1.25 bits per heavy atom. The van der Waals surface area contributed by atoms with Crippen molar-refractivity contribution in [2.24, 2.45) is 17.3 Å². The van der Waals surface area contributed by atoms with Crippen LogP contribution in [0.4, 0.5) is 0 Å². The van der Waals surface area contributed by atoms with E-state index in [0.717, 1.165) is 29.3 Å². The first-order valence-electron chi connectivity index (χ1n) is 11.4. The van der Waals surface area contributed by atoms with E-state index in [1.165, 1.54) is 0 Å². The molecule has 1 amide bonds. The van der Waals surface area contributed by atoms with Crippen molar-refractivity contribution in [1.82, 2.24) is 15.1 Å². The molecular weight excluding hydrogens is 450 g/mol. The lowest BCUT2D eigenvalue weighted by atomic mass is 9.68. The second kappa shape index (κ2) is 8.95. The van der Waals surface area contributed by atoms with Crippen LogP contribution in [0, 0.1) is 17.3 Å². The summed E-state index contributed by atoms with van der Waals surface area (Å²) in [6.45, 7) is 5.49. The fourth-order valence-corrected chi connectivity index (χ4v) is 7.10. The number of nitrogens with one attached hydrogen (secondary N) is 1. The molecule has 0 aliphatic carbocycles. The van der Waals surface area contributed by atoms with Crippen molar-refractivity contribution >= 4 is 38.2 Å². The molecule has 2 aromatic rings. The number of hydrogen-bond acceptors (Lipinski definition) is 5. The van der Waals surface area contributed by atoms with Crippen molar-refractivity contribution in [2.75, 3.05) is 24.6 Å². The summed E-state index contributed by atoms with van der Waals surface area (Å²) in [6.07, 6.45) is 4.27. The second-order valence-electron chi connectivity index (χ2n) is 10.0.